The molecule has 2 N–H and O–H groups in total. The lowest BCUT2D eigenvalue weighted by atomic mass is 10.1. The Kier molecular flexibility index (Phi) is 6.93. The van der Waals surface area contributed by atoms with Crippen LogP contribution in [0.5, 0.6) is 0 Å². The molecule has 0 fully saturated rings. The van der Waals surface area contributed by atoms with Crippen molar-refractivity contribution < 1.29 is 9.90 Å². The van der Waals surface area contributed by atoms with Crippen molar-refractivity contribution in [3.8, 4) is 0 Å². The van der Waals surface area contributed by atoms with Gasteiger partial charge in [-0.3, -0.25) is 0 Å². The molecule has 0 saturated heterocycles. The normalized spacial score (nSPS) is 12.4. The number of rotatable bonds is 9. The number of aromatic nitrogens is 2. The van der Waals surface area contributed by atoms with Gasteiger partial charge < -0.3 is 15.3 Å². The van der Waals surface area contributed by atoms with Gasteiger partial charge in [0.1, 0.15) is 5.56 Å². The van der Waals surface area contributed by atoms with E-state index in [1.807, 2.05) is 6.92 Å². The van der Waals surface area contributed by atoms with E-state index in [0.717, 1.165) is 32.5 Å². The SMILES string of the molecule is CCN(CC)CCCC(C)Nc1nnccc1C(=O)O. The van der Waals surface area contributed by atoms with Gasteiger partial charge in [0, 0.05) is 6.04 Å². The zero-order chi connectivity index (χ0) is 15.0. The van der Waals surface area contributed by atoms with Crippen LogP contribution in [0.25, 0.3) is 0 Å². The summed E-state index contributed by atoms with van der Waals surface area (Å²) in [7, 11) is 0. The summed E-state index contributed by atoms with van der Waals surface area (Å²) in [4.78, 5) is 13.4. The molecule has 0 bridgehead atoms. The molecule has 20 heavy (non-hydrogen) atoms. The summed E-state index contributed by atoms with van der Waals surface area (Å²) in [6.07, 6.45) is 3.42. The van der Waals surface area contributed by atoms with Crippen molar-refractivity contribution in [3.63, 3.8) is 0 Å². The highest BCUT2D eigenvalue weighted by molar-refractivity contribution is 5.92. The number of carboxylic acids is 1. The average molecular weight is 280 g/mol. The van der Waals surface area contributed by atoms with Crippen LogP contribution in [-0.2, 0) is 0 Å². The molecule has 0 radical (unpaired) electrons. The molecule has 0 aliphatic rings. The van der Waals surface area contributed by atoms with Crippen LogP contribution in [0.4, 0.5) is 5.82 Å². The van der Waals surface area contributed by atoms with Crippen LogP contribution in [0.2, 0.25) is 0 Å². The summed E-state index contributed by atoms with van der Waals surface area (Å²) in [5.41, 5.74) is 0.163. The van der Waals surface area contributed by atoms with Gasteiger partial charge >= 0.3 is 5.97 Å². The molecule has 1 heterocycles. The van der Waals surface area contributed by atoms with Crippen molar-refractivity contribution >= 4 is 11.8 Å². The first-order chi connectivity index (χ1) is 9.58. The number of hydrogen-bond donors (Lipinski definition) is 2. The second-order valence-corrected chi connectivity index (χ2v) is 4.81. The summed E-state index contributed by atoms with van der Waals surface area (Å²) >= 11 is 0. The van der Waals surface area contributed by atoms with Crippen LogP contribution in [-0.4, -0.2) is 51.8 Å². The van der Waals surface area contributed by atoms with Gasteiger partial charge in [0.15, 0.2) is 5.82 Å². The first-order valence-corrected chi connectivity index (χ1v) is 7.12. The van der Waals surface area contributed by atoms with E-state index in [9.17, 15) is 4.79 Å². The quantitative estimate of drug-likeness (QED) is 0.721. The maximum absolute atomic E-state index is 11.1. The second-order valence-electron chi connectivity index (χ2n) is 4.81. The fourth-order valence-electron chi connectivity index (χ4n) is 2.08. The Morgan fingerprint density at radius 1 is 1.45 bits per heavy atom. The van der Waals surface area contributed by atoms with Crippen molar-refractivity contribution in [2.24, 2.45) is 0 Å². The lowest BCUT2D eigenvalue weighted by Crippen LogP contribution is -2.26. The molecule has 0 aliphatic heterocycles. The summed E-state index contributed by atoms with van der Waals surface area (Å²) in [6.45, 7) is 9.53. The molecule has 1 atom stereocenters. The van der Waals surface area contributed by atoms with Crippen molar-refractivity contribution in [3.05, 3.63) is 17.8 Å². The summed E-state index contributed by atoms with van der Waals surface area (Å²) in [6, 6.07) is 1.63. The standard InChI is InChI=1S/C14H24N4O2/c1-4-18(5-2)10-6-7-11(3)16-13-12(14(19)20)8-9-15-17-13/h8-9,11H,4-7,10H2,1-3H3,(H,16,17)(H,19,20). The van der Waals surface area contributed by atoms with Crippen molar-refractivity contribution in [1.82, 2.24) is 15.1 Å². The van der Waals surface area contributed by atoms with E-state index >= 15 is 0 Å². The third-order valence-electron chi connectivity index (χ3n) is 3.34. The minimum Gasteiger partial charge on any atom is -0.478 e. The monoisotopic (exact) mass is 280 g/mol. The van der Waals surface area contributed by atoms with E-state index in [2.05, 4.69) is 34.3 Å². The number of aromatic carboxylic acids is 1. The van der Waals surface area contributed by atoms with E-state index < -0.39 is 5.97 Å². The number of nitrogens with zero attached hydrogens (tertiary/aromatic N) is 3. The number of hydrogen-bond acceptors (Lipinski definition) is 5. The molecule has 6 heteroatoms. The Labute approximate surface area is 120 Å². The van der Waals surface area contributed by atoms with Gasteiger partial charge in [0.2, 0.25) is 0 Å². The lowest BCUT2D eigenvalue weighted by molar-refractivity contribution is 0.0697. The number of carboxylic acid groups (broad SMARTS) is 1. The maximum atomic E-state index is 11.1. The number of nitrogens with one attached hydrogen (secondary N) is 1. The molecule has 0 saturated carbocycles. The van der Waals surface area contributed by atoms with Crippen molar-refractivity contribution in [2.45, 2.75) is 39.7 Å². The highest BCUT2D eigenvalue weighted by Crippen LogP contribution is 2.13. The summed E-state index contributed by atoms with van der Waals surface area (Å²) < 4.78 is 0. The highest BCUT2D eigenvalue weighted by Gasteiger charge is 2.13. The number of carbonyl (C=O) groups is 1. The van der Waals surface area contributed by atoms with Crippen molar-refractivity contribution in [1.29, 1.82) is 0 Å². The predicted octanol–water partition coefficient (Wildman–Crippen LogP) is 2.10. The predicted molar refractivity (Wildman–Crippen MR) is 79.1 cm³/mol. The van der Waals surface area contributed by atoms with Crippen LogP contribution in [0.15, 0.2) is 12.3 Å². The largest absolute Gasteiger partial charge is 0.478 e. The van der Waals surface area contributed by atoms with Crippen molar-refractivity contribution in [2.75, 3.05) is 25.0 Å². The zero-order valence-electron chi connectivity index (χ0n) is 12.5. The Hall–Kier alpha value is -1.69. The summed E-state index contributed by atoms with van der Waals surface area (Å²) in [5, 5.41) is 19.8. The smallest absolute Gasteiger partial charge is 0.339 e. The highest BCUT2D eigenvalue weighted by atomic mass is 16.4. The number of anilines is 1. The van der Waals surface area contributed by atoms with Crippen LogP contribution < -0.4 is 5.32 Å². The zero-order valence-corrected chi connectivity index (χ0v) is 12.5. The van der Waals surface area contributed by atoms with E-state index in [0.29, 0.717) is 5.82 Å². The Balaban J connectivity index is 2.46. The molecule has 0 aliphatic carbocycles. The lowest BCUT2D eigenvalue weighted by Gasteiger charge is -2.20. The van der Waals surface area contributed by atoms with Gasteiger partial charge in [-0.2, -0.15) is 5.10 Å². The van der Waals surface area contributed by atoms with Gasteiger partial charge in [-0.05, 0) is 45.5 Å². The Morgan fingerprint density at radius 3 is 2.75 bits per heavy atom. The molecule has 0 aromatic carbocycles. The first kappa shape index (κ1) is 16.4. The summed E-state index contributed by atoms with van der Waals surface area (Å²) in [5.74, 6) is -0.645. The van der Waals surface area contributed by atoms with E-state index in [4.69, 9.17) is 5.11 Å². The molecule has 6 nitrogen and oxygen atoms in total. The van der Waals surface area contributed by atoms with E-state index in [-0.39, 0.29) is 11.6 Å². The van der Waals surface area contributed by atoms with E-state index in [1.54, 1.807) is 0 Å². The minimum absolute atomic E-state index is 0.163. The maximum Gasteiger partial charge on any atom is 0.339 e. The molecule has 0 amide bonds. The molecule has 1 aromatic rings. The fourth-order valence-corrected chi connectivity index (χ4v) is 2.08. The molecule has 112 valence electrons. The Morgan fingerprint density at radius 2 is 2.15 bits per heavy atom. The third-order valence-corrected chi connectivity index (χ3v) is 3.34. The van der Waals surface area contributed by atoms with Crippen LogP contribution in [0.3, 0.4) is 0 Å². The third kappa shape index (κ3) is 5.13. The molecular formula is C14H24N4O2. The average Bonchev–Trinajstić information content (AvgIpc) is 2.44. The van der Waals surface area contributed by atoms with Crippen LogP contribution >= 0.6 is 0 Å². The minimum atomic E-state index is -0.988. The van der Waals surface area contributed by atoms with Crippen LogP contribution in [0, 0.1) is 0 Å². The molecule has 1 aromatic heterocycles. The van der Waals surface area contributed by atoms with E-state index in [1.165, 1.54) is 12.3 Å². The first-order valence-electron chi connectivity index (χ1n) is 7.12. The second kappa shape index (κ2) is 8.47. The van der Waals surface area contributed by atoms with Gasteiger partial charge in [-0.1, -0.05) is 13.8 Å². The van der Waals surface area contributed by atoms with Gasteiger partial charge in [-0.15, -0.1) is 5.10 Å². The molecule has 1 rings (SSSR count). The fraction of sp³-hybridized carbons (Fsp3) is 0.643. The molecule has 1 unspecified atom stereocenters. The van der Waals surface area contributed by atoms with Crippen LogP contribution in [0.1, 0.15) is 44.0 Å². The Bertz CT molecular complexity index is 421. The van der Waals surface area contributed by atoms with Gasteiger partial charge in [-0.25, -0.2) is 4.79 Å². The van der Waals surface area contributed by atoms with Gasteiger partial charge in [0.05, 0.1) is 6.20 Å². The topological polar surface area (TPSA) is 78.3 Å². The molecule has 0 spiro atoms. The van der Waals surface area contributed by atoms with Gasteiger partial charge in [0.25, 0.3) is 0 Å². The molecular weight excluding hydrogens is 256 g/mol.